The van der Waals surface area contributed by atoms with Crippen LogP contribution in [0.4, 0.5) is 0 Å². The van der Waals surface area contributed by atoms with E-state index in [-0.39, 0.29) is 5.78 Å². The molecule has 0 N–H and O–H groups in total. The molecule has 0 bridgehead atoms. The van der Waals surface area contributed by atoms with Crippen molar-refractivity contribution in [2.45, 2.75) is 18.9 Å². The second-order valence-corrected chi connectivity index (χ2v) is 6.13. The van der Waals surface area contributed by atoms with Gasteiger partial charge in [0.1, 0.15) is 5.75 Å². The van der Waals surface area contributed by atoms with Gasteiger partial charge in [0, 0.05) is 11.6 Å². The quantitative estimate of drug-likeness (QED) is 0.783. The summed E-state index contributed by atoms with van der Waals surface area (Å²) < 4.78 is 5.11. The smallest absolute Gasteiger partial charge is 0.176 e. The fourth-order valence-electron chi connectivity index (χ4n) is 2.72. The molecule has 1 aliphatic heterocycles. The van der Waals surface area contributed by atoms with Gasteiger partial charge in [-0.25, -0.2) is 0 Å². The maximum absolute atomic E-state index is 12.4. The number of likely N-dealkylation sites (tertiary alicyclic amines) is 1. The lowest BCUT2D eigenvalue weighted by atomic mass is 10.0. The first kappa shape index (κ1) is 16.3. The van der Waals surface area contributed by atoms with E-state index in [1.54, 1.807) is 25.3 Å². The van der Waals surface area contributed by atoms with E-state index in [1.807, 2.05) is 7.05 Å². The van der Waals surface area contributed by atoms with Crippen molar-refractivity contribution in [1.82, 2.24) is 9.80 Å². The third kappa shape index (κ3) is 4.19. The lowest BCUT2D eigenvalue weighted by Gasteiger charge is -2.34. The van der Waals surface area contributed by atoms with E-state index in [2.05, 4.69) is 16.8 Å². The number of nitrogens with zero attached hydrogens (tertiary/aromatic N) is 2. The van der Waals surface area contributed by atoms with Crippen molar-refractivity contribution in [3.05, 3.63) is 28.8 Å². The summed E-state index contributed by atoms with van der Waals surface area (Å²) in [7, 11) is 5.73. The van der Waals surface area contributed by atoms with E-state index in [4.69, 9.17) is 16.3 Å². The van der Waals surface area contributed by atoms with E-state index < -0.39 is 0 Å². The van der Waals surface area contributed by atoms with E-state index in [1.165, 1.54) is 0 Å². The number of hydrogen-bond donors (Lipinski definition) is 0. The highest BCUT2D eigenvalue weighted by atomic mass is 35.5. The Bertz CT molecular complexity index is 499. The molecule has 0 spiro atoms. The van der Waals surface area contributed by atoms with Gasteiger partial charge < -0.3 is 9.64 Å². The monoisotopic (exact) mass is 310 g/mol. The molecule has 1 saturated heterocycles. The number of methoxy groups -OCH3 is 1. The van der Waals surface area contributed by atoms with Crippen molar-refractivity contribution >= 4 is 17.4 Å². The molecule has 4 nitrogen and oxygen atoms in total. The summed E-state index contributed by atoms with van der Waals surface area (Å²) in [4.78, 5) is 16.9. The summed E-state index contributed by atoms with van der Waals surface area (Å²) >= 11 is 6.08. The Balaban J connectivity index is 1.96. The largest absolute Gasteiger partial charge is 0.495 e. The molecule has 2 rings (SSSR count). The number of halogens is 1. The molecule has 1 aliphatic rings. The van der Waals surface area contributed by atoms with Crippen LogP contribution in [-0.4, -0.2) is 62.5 Å². The molecule has 1 heterocycles. The van der Waals surface area contributed by atoms with Gasteiger partial charge in [0.15, 0.2) is 5.78 Å². The standard InChI is InChI=1S/C16H23ClN2O2/c1-18-8-6-13(7-9-18)19(2)11-15(20)12-4-5-16(21-3)14(17)10-12/h4-5,10,13H,6-9,11H2,1-3H3. The minimum Gasteiger partial charge on any atom is -0.495 e. The van der Waals surface area contributed by atoms with Crippen LogP contribution >= 0.6 is 11.6 Å². The van der Waals surface area contributed by atoms with E-state index >= 15 is 0 Å². The van der Waals surface area contributed by atoms with Gasteiger partial charge in [0.05, 0.1) is 18.7 Å². The van der Waals surface area contributed by atoms with Crippen LogP contribution in [0.1, 0.15) is 23.2 Å². The molecule has 1 fully saturated rings. The van der Waals surface area contributed by atoms with Crippen LogP contribution in [0.25, 0.3) is 0 Å². The Morgan fingerprint density at radius 1 is 1.43 bits per heavy atom. The fraction of sp³-hybridized carbons (Fsp3) is 0.562. The Morgan fingerprint density at radius 2 is 2.10 bits per heavy atom. The zero-order chi connectivity index (χ0) is 15.4. The average Bonchev–Trinajstić information content (AvgIpc) is 2.47. The number of likely N-dealkylation sites (N-methyl/N-ethyl adjacent to an activating group) is 1. The van der Waals surface area contributed by atoms with Crippen molar-refractivity contribution in [3.63, 3.8) is 0 Å². The third-order valence-electron chi connectivity index (χ3n) is 4.18. The molecule has 0 amide bonds. The highest BCUT2D eigenvalue weighted by molar-refractivity contribution is 6.32. The fourth-order valence-corrected chi connectivity index (χ4v) is 2.98. The highest BCUT2D eigenvalue weighted by Gasteiger charge is 2.22. The molecule has 0 aliphatic carbocycles. The van der Waals surface area contributed by atoms with E-state index in [0.717, 1.165) is 25.9 Å². The molecule has 1 aromatic carbocycles. The number of hydrogen-bond acceptors (Lipinski definition) is 4. The van der Waals surface area contributed by atoms with Gasteiger partial charge in [0.2, 0.25) is 0 Å². The normalized spacial score (nSPS) is 17.2. The maximum atomic E-state index is 12.4. The van der Waals surface area contributed by atoms with Crippen LogP contribution in [0.5, 0.6) is 5.75 Å². The van der Waals surface area contributed by atoms with Gasteiger partial charge in [-0.05, 0) is 58.2 Å². The Morgan fingerprint density at radius 3 is 2.67 bits per heavy atom. The molecule has 5 heteroatoms. The molecule has 0 atom stereocenters. The van der Waals surface area contributed by atoms with Gasteiger partial charge in [-0.1, -0.05) is 11.6 Å². The molecule has 0 saturated carbocycles. The number of carbonyl (C=O) groups excluding carboxylic acids is 1. The molecule has 116 valence electrons. The van der Waals surface area contributed by atoms with Gasteiger partial charge in [0.25, 0.3) is 0 Å². The van der Waals surface area contributed by atoms with Crippen molar-refractivity contribution in [2.75, 3.05) is 40.8 Å². The number of benzene rings is 1. The zero-order valence-corrected chi connectivity index (χ0v) is 13.7. The molecular weight excluding hydrogens is 288 g/mol. The first-order chi connectivity index (χ1) is 10.0. The molecular formula is C16H23ClN2O2. The summed E-state index contributed by atoms with van der Waals surface area (Å²) in [5, 5.41) is 0.477. The highest BCUT2D eigenvalue weighted by Crippen LogP contribution is 2.25. The predicted molar refractivity (Wildman–Crippen MR) is 85.5 cm³/mol. The molecule has 0 aromatic heterocycles. The van der Waals surface area contributed by atoms with Crippen molar-refractivity contribution in [3.8, 4) is 5.75 Å². The number of Topliss-reactive ketones (excluding diaryl/α,β-unsaturated/α-hetero) is 1. The van der Waals surface area contributed by atoms with Gasteiger partial charge >= 0.3 is 0 Å². The third-order valence-corrected chi connectivity index (χ3v) is 4.47. The topological polar surface area (TPSA) is 32.8 Å². The Hall–Kier alpha value is -1.10. The van der Waals surface area contributed by atoms with Crippen molar-refractivity contribution in [2.24, 2.45) is 0 Å². The van der Waals surface area contributed by atoms with Crippen LogP contribution < -0.4 is 4.74 Å². The number of ketones is 1. The maximum Gasteiger partial charge on any atom is 0.176 e. The summed E-state index contributed by atoms with van der Waals surface area (Å²) in [5.41, 5.74) is 0.639. The number of carbonyl (C=O) groups is 1. The average molecular weight is 311 g/mol. The minimum atomic E-state index is 0.0981. The first-order valence-electron chi connectivity index (χ1n) is 7.26. The second kappa shape index (κ2) is 7.25. The number of ether oxygens (including phenoxy) is 1. The van der Waals surface area contributed by atoms with Crippen molar-refractivity contribution < 1.29 is 9.53 Å². The summed E-state index contributed by atoms with van der Waals surface area (Å²) in [5.74, 6) is 0.692. The van der Waals surface area contributed by atoms with Gasteiger partial charge in [-0.3, -0.25) is 9.69 Å². The molecule has 21 heavy (non-hydrogen) atoms. The molecule has 0 radical (unpaired) electrons. The number of piperidine rings is 1. The van der Waals surface area contributed by atoms with Crippen LogP contribution in [0, 0.1) is 0 Å². The second-order valence-electron chi connectivity index (χ2n) is 5.72. The summed E-state index contributed by atoms with van der Waals surface area (Å²) in [6, 6.07) is 5.69. The first-order valence-corrected chi connectivity index (χ1v) is 7.64. The lowest BCUT2D eigenvalue weighted by molar-refractivity contribution is 0.0871. The van der Waals surface area contributed by atoms with Crippen LogP contribution in [0.2, 0.25) is 5.02 Å². The Labute approximate surface area is 131 Å². The van der Waals surface area contributed by atoms with Crippen molar-refractivity contribution in [1.29, 1.82) is 0 Å². The van der Waals surface area contributed by atoms with Crippen LogP contribution in [0.3, 0.4) is 0 Å². The van der Waals surface area contributed by atoms with E-state index in [0.29, 0.717) is 28.9 Å². The summed E-state index contributed by atoms with van der Waals surface area (Å²) in [6.07, 6.45) is 2.23. The Kier molecular flexibility index (Phi) is 5.62. The molecule has 1 aromatic rings. The van der Waals surface area contributed by atoms with Crippen LogP contribution in [0.15, 0.2) is 18.2 Å². The van der Waals surface area contributed by atoms with E-state index in [9.17, 15) is 4.79 Å². The van der Waals surface area contributed by atoms with Gasteiger partial charge in [-0.2, -0.15) is 0 Å². The predicted octanol–water partition coefficient (Wildman–Crippen LogP) is 2.56. The molecule has 0 unspecified atom stereocenters. The minimum absolute atomic E-state index is 0.0981. The van der Waals surface area contributed by atoms with Gasteiger partial charge in [-0.15, -0.1) is 0 Å². The SMILES string of the molecule is COc1ccc(C(=O)CN(C)C2CCN(C)CC2)cc1Cl. The van der Waals surface area contributed by atoms with Crippen LogP contribution in [-0.2, 0) is 0 Å². The summed E-state index contributed by atoms with van der Waals surface area (Å²) in [6.45, 7) is 2.62. The number of rotatable bonds is 5. The lowest BCUT2D eigenvalue weighted by Crippen LogP contribution is -2.43. The zero-order valence-electron chi connectivity index (χ0n) is 12.9.